The largest absolute Gasteiger partial charge is 0.507 e. The number of nitrogens with one attached hydrogen (secondary N) is 1. The first kappa shape index (κ1) is 13.4. The van der Waals surface area contributed by atoms with E-state index in [2.05, 4.69) is 10.3 Å². The Morgan fingerprint density at radius 1 is 1.53 bits per heavy atom. The summed E-state index contributed by atoms with van der Waals surface area (Å²) in [6.07, 6.45) is 0. The van der Waals surface area contributed by atoms with Gasteiger partial charge in [0, 0.05) is 5.38 Å². The first-order valence-corrected chi connectivity index (χ1v) is 6.54. The van der Waals surface area contributed by atoms with Crippen molar-refractivity contribution in [2.75, 3.05) is 7.11 Å². The van der Waals surface area contributed by atoms with Crippen LogP contribution in [0.15, 0.2) is 23.6 Å². The number of methoxy groups -OCH3 is 1. The van der Waals surface area contributed by atoms with Crippen LogP contribution in [0.5, 0.6) is 11.5 Å². The highest BCUT2D eigenvalue weighted by Crippen LogP contribution is 2.22. The van der Waals surface area contributed by atoms with E-state index in [1.807, 2.05) is 12.3 Å². The fourth-order valence-electron chi connectivity index (χ4n) is 1.58. The number of aryl methyl sites for hydroxylation is 1. The van der Waals surface area contributed by atoms with Crippen molar-refractivity contribution in [1.29, 1.82) is 0 Å². The predicted molar refractivity (Wildman–Crippen MR) is 72.7 cm³/mol. The number of amides is 1. The van der Waals surface area contributed by atoms with Gasteiger partial charge in [-0.3, -0.25) is 4.79 Å². The lowest BCUT2D eigenvalue weighted by Gasteiger charge is -2.07. The van der Waals surface area contributed by atoms with Crippen LogP contribution in [0.3, 0.4) is 0 Å². The van der Waals surface area contributed by atoms with Gasteiger partial charge in [-0.25, -0.2) is 4.98 Å². The third-order valence-corrected chi connectivity index (χ3v) is 3.37. The molecule has 0 saturated carbocycles. The van der Waals surface area contributed by atoms with E-state index >= 15 is 0 Å². The van der Waals surface area contributed by atoms with Crippen molar-refractivity contribution in [3.8, 4) is 11.5 Å². The molecule has 0 unspecified atom stereocenters. The number of aromatic nitrogens is 1. The Balaban J connectivity index is 2.07. The Kier molecular flexibility index (Phi) is 4.01. The molecule has 1 aromatic carbocycles. The minimum absolute atomic E-state index is 0.0761. The molecule has 0 fully saturated rings. The Morgan fingerprint density at radius 2 is 2.32 bits per heavy atom. The monoisotopic (exact) mass is 278 g/mol. The van der Waals surface area contributed by atoms with Gasteiger partial charge in [0.05, 0.1) is 29.9 Å². The molecule has 19 heavy (non-hydrogen) atoms. The first-order chi connectivity index (χ1) is 9.10. The molecule has 0 spiro atoms. The second-order valence-electron chi connectivity index (χ2n) is 3.92. The molecule has 0 aliphatic carbocycles. The second kappa shape index (κ2) is 5.71. The summed E-state index contributed by atoms with van der Waals surface area (Å²) in [7, 11) is 1.51. The van der Waals surface area contributed by atoms with Gasteiger partial charge in [-0.05, 0) is 25.1 Å². The fraction of sp³-hybridized carbons (Fsp3) is 0.231. The zero-order valence-corrected chi connectivity index (χ0v) is 11.5. The Labute approximate surface area is 114 Å². The van der Waals surface area contributed by atoms with Crippen LogP contribution in [0.1, 0.15) is 21.1 Å². The number of hydrogen-bond donors (Lipinski definition) is 2. The third kappa shape index (κ3) is 3.23. The van der Waals surface area contributed by atoms with Gasteiger partial charge in [0.25, 0.3) is 5.91 Å². The van der Waals surface area contributed by atoms with Crippen molar-refractivity contribution >= 4 is 17.2 Å². The quantitative estimate of drug-likeness (QED) is 0.898. The molecule has 0 atom stereocenters. The average Bonchev–Trinajstić information content (AvgIpc) is 2.82. The van der Waals surface area contributed by atoms with Crippen molar-refractivity contribution < 1.29 is 14.6 Å². The summed E-state index contributed by atoms with van der Waals surface area (Å²) >= 11 is 1.53. The molecule has 0 bridgehead atoms. The summed E-state index contributed by atoms with van der Waals surface area (Å²) in [5, 5.41) is 15.2. The van der Waals surface area contributed by atoms with Crippen LogP contribution in [0.4, 0.5) is 0 Å². The van der Waals surface area contributed by atoms with Crippen LogP contribution in [0, 0.1) is 6.92 Å². The van der Waals surface area contributed by atoms with Crippen LogP contribution in [0.2, 0.25) is 0 Å². The molecule has 2 aromatic rings. The molecular weight excluding hydrogens is 264 g/mol. The van der Waals surface area contributed by atoms with Crippen molar-refractivity contribution in [1.82, 2.24) is 10.3 Å². The summed E-state index contributed by atoms with van der Waals surface area (Å²) < 4.78 is 5.02. The van der Waals surface area contributed by atoms with Crippen LogP contribution < -0.4 is 10.1 Å². The SMILES string of the molecule is COc1ccc(O)c(C(=O)NCc2csc(C)n2)c1. The van der Waals surface area contributed by atoms with Crippen molar-refractivity contribution in [3.05, 3.63) is 39.8 Å². The van der Waals surface area contributed by atoms with Crippen molar-refractivity contribution in [3.63, 3.8) is 0 Å². The van der Waals surface area contributed by atoms with Gasteiger partial charge in [0.15, 0.2) is 0 Å². The minimum atomic E-state index is -0.359. The molecule has 1 heterocycles. The molecule has 0 radical (unpaired) electrons. The van der Waals surface area contributed by atoms with Gasteiger partial charge in [0.1, 0.15) is 11.5 Å². The molecular formula is C13H14N2O3S. The predicted octanol–water partition coefficient (Wildman–Crippen LogP) is 2.10. The molecule has 0 aliphatic rings. The highest BCUT2D eigenvalue weighted by molar-refractivity contribution is 7.09. The van der Waals surface area contributed by atoms with Gasteiger partial charge in [-0.15, -0.1) is 11.3 Å². The summed E-state index contributed by atoms with van der Waals surface area (Å²) in [6.45, 7) is 2.24. The van der Waals surface area contributed by atoms with Gasteiger partial charge in [0.2, 0.25) is 0 Å². The van der Waals surface area contributed by atoms with E-state index < -0.39 is 0 Å². The van der Waals surface area contributed by atoms with Crippen molar-refractivity contribution in [2.45, 2.75) is 13.5 Å². The molecule has 2 N–H and O–H groups in total. The fourth-order valence-corrected chi connectivity index (χ4v) is 2.19. The van der Waals surface area contributed by atoms with Crippen LogP contribution in [0.25, 0.3) is 0 Å². The lowest BCUT2D eigenvalue weighted by atomic mass is 10.1. The number of thiazole rings is 1. The topological polar surface area (TPSA) is 71.5 Å². The first-order valence-electron chi connectivity index (χ1n) is 5.66. The van der Waals surface area contributed by atoms with Crippen molar-refractivity contribution in [2.24, 2.45) is 0 Å². The summed E-state index contributed by atoms with van der Waals surface area (Å²) in [6, 6.07) is 4.52. The minimum Gasteiger partial charge on any atom is -0.507 e. The van der Waals surface area contributed by atoms with E-state index in [0.29, 0.717) is 12.3 Å². The highest BCUT2D eigenvalue weighted by atomic mass is 32.1. The van der Waals surface area contributed by atoms with Crippen LogP contribution in [-0.2, 0) is 6.54 Å². The smallest absolute Gasteiger partial charge is 0.255 e. The number of nitrogens with zero attached hydrogens (tertiary/aromatic N) is 1. The molecule has 1 aromatic heterocycles. The second-order valence-corrected chi connectivity index (χ2v) is 4.99. The number of carbonyl (C=O) groups is 1. The number of phenolic OH excluding ortho intramolecular Hbond substituents is 1. The van der Waals surface area contributed by atoms with Gasteiger partial charge in [-0.2, -0.15) is 0 Å². The van der Waals surface area contributed by atoms with E-state index in [1.165, 1.54) is 30.6 Å². The van der Waals surface area contributed by atoms with Crippen LogP contribution >= 0.6 is 11.3 Å². The van der Waals surface area contributed by atoms with E-state index in [-0.39, 0.29) is 17.2 Å². The van der Waals surface area contributed by atoms with Gasteiger partial charge >= 0.3 is 0 Å². The van der Waals surface area contributed by atoms with E-state index in [9.17, 15) is 9.90 Å². The zero-order valence-electron chi connectivity index (χ0n) is 10.6. The molecule has 5 nitrogen and oxygen atoms in total. The molecule has 6 heteroatoms. The maximum absolute atomic E-state index is 12.0. The Morgan fingerprint density at radius 3 is 2.95 bits per heavy atom. The van der Waals surface area contributed by atoms with Gasteiger partial charge < -0.3 is 15.2 Å². The number of carbonyl (C=O) groups excluding carboxylic acids is 1. The number of aromatic hydroxyl groups is 1. The third-order valence-electron chi connectivity index (χ3n) is 2.54. The molecule has 0 aliphatic heterocycles. The van der Waals surface area contributed by atoms with Crippen LogP contribution in [-0.4, -0.2) is 23.1 Å². The maximum Gasteiger partial charge on any atom is 0.255 e. The maximum atomic E-state index is 12.0. The van der Waals surface area contributed by atoms with E-state index in [0.717, 1.165) is 10.7 Å². The lowest BCUT2D eigenvalue weighted by Crippen LogP contribution is -2.23. The summed E-state index contributed by atoms with van der Waals surface area (Å²) in [5.74, 6) is 0.0854. The standard InChI is InChI=1S/C13H14N2O3S/c1-8-15-9(7-19-8)6-14-13(17)11-5-10(18-2)3-4-12(11)16/h3-5,7,16H,6H2,1-2H3,(H,14,17). The Bertz CT molecular complexity index is 595. The van der Waals surface area contributed by atoms with Gasteiger partial charge in [-0.1, -0.05) is 0 Å². The van der Waals surface area contributed by atoms with E-state index in [1.54, 1.807) is 6.07 Å². The highest BCUT2D eigenvalue weighted by Gasteiger charge is 2.12. The number of benzene rings is 1. The average molecular weight is 278 g/mol. The number of rotatable bonds is 4. The Hall–Kier alpha value is -2.08. The lowest BCUT2D eigenvalue weighted by molar-refractivity contribution is 0.0947. The normalized spacial score (nSPS) is 10.2. The summed E-state index contributed by atoms with van der Waals surface area (Å²) in [4.78, 5) is 16.2. The number of ether oxygens (including phenoxy) is 1. The molecule has 0 saturated heterocycles. The molecule has 100 valence electrons. The molecule has 2 rings (SSSR count). The molecule has 1 amide bonds. The summed E-state index contributed by atoms with van der Waals surface area (Å²) in [5.41, 5.74) is 0.990. The number of hydrogen-bond acceptors (Lipinski definition) is 5. The van der Waals surface area contributed by atoms with E-state index in [4.69, 9.17) is 4.74 Å². The zero-order chi connectivity index (χ0) is 13.8. The number of phenols is 1.